The third kappa shape index (κ3) is 3.17. The van der Waals surface area contributed by atoms with E-state index in [1.165, 1.54) is 6.26 Å². The van der Waals surface area contributed by atoms with Crippen molar-refractivity contribution in [1.29, 1.82) is 0 Å². The molecule has 0 bridgehead atoms. The van der Waals surface area contributed by atoms with Gasteiger partial charge < -0.3 is 9.73 Å². The Kier molecular flexibility index (Phi) is 4.27. The summed E-state index contributed by atoms with van der Waals surface area (Å²) in [6.07, 6.45) is 1.79. The maximum atomic E-state index is 13.8. The number of nitrogens with one attached hydrogen (secondary N) is 1. The van der Waals surface area contributed by atoms with Crippen molar-refractivity contribution < 1.29 is 17.6 Å². The molecule has 0 aliphatic heterocycles. The first-order valence-corrected chi connectivity index (χ1v) is 6.02. The molecule has 2 nitrogen and oxygen atoms in total. The molecular weight excluding hydrogens is 255 g/mol. The molecule has 5 heteroatoms. The average molecular weight is 269 g/mol. The van der Waals surface area contributed by atoms with E-state index in [4.69, 9.17) is 4.42 Å². The van der Waals surface area contributed by atoms with E-state index < -0.39 is 23.5 Å². The third-order valence-electron chi connectivity index (χ3n) is 2.83. The molecule has 0 fully saturated rings. The number of halogens is 3. The summed E-state index contributed by atoms with van der Waals surface area (Å²) in [6.45, 7) is 2.36. The fourth-order valence-corrected chi connectivity index (χ4v) is 2.04. The summed E-state index contributed by atoms with van der Waals surface area (Å²) in [6, 6.07) is 4.20. The molecule has 0 radical (unpaired) electrons. The minimum absolute atomic E-state index is 0.167. The molecule has 0 amide bonds. The Balaban J connectivity index is 2.33. The fourth-order valence-electron chi connectivity index (χ4n) is 2.04. The van der Waals surface area contributed by atoms with E-state index in [-0.39, 0.29) is 5.56 Å². The molecule has 1 unspecified atom stereocenters. The highest BCUT2D eigenvalue weighted by Gasteiger charge is 2.22. The van der Waals surface area contributed by atoms with Crippen molar-refractivity contribution in [2.45, 2.75) is 19.4 Å². The lowest BCUT2D eigenvalue weighted by Crippen LogP contribution is -2.25. The number of hydrogen-bond acceptors (Lipinski definition) is 2. The van der Waals surface area contributed by atoms with Crippen LogP contribution < -0.4 is 5.32 Å². The molecule has 102 valence electrons. The lowest BCUT2D eigenvalue weighted by Gasteiger charge is -2.18. The molecule has 0 spiro atoms. The number of hydrogen-bond donors (Lipinski definition) is 1. The SMILES string of the molecule is CCNC(Cc1ccco1)c1c(F)cc(F)cc1F. The van der Waals surface area contributed by atoms with Crippen molar-refractivity contribution in [3.05, 3.63) is 59.3 Å². The number of rotatable bonds is 5. The van der Waals surface area contributed by atoms with Gasteiger partial charge in [-0.25, -0.2) is 13.2 Å². The van der Waals surface area contributed by atoms with Crippen LogP contribution in [0.4, 0.5) is 13.2 Å². The van der Waals surface area contributed by atoms with E-state index in [9.17, 15) is 13.2 Å². The molecule has 2 rings (SSSR count). The fraction of sp³-hybridized carbons (Fsp3) is 0.286. The lowest BCUT2D eigenvalue weighted by atomic mass is 10.0. The van der Waals surface area contributed by atoms with E-state index in [2.05, 4.69) is 5.32 Å². The first-order chi connectivity index (χ1) is 9.11. The molecule has 1 heterocycles. The summed E-state index contributed by atoms with van der Waals surface area (Å²) in [7, 11) is 0. The standard InChI is InChI=1S/C14H14F3NO/c1-2-18-13(8-10-4-3-5-19-10)14-11(16)6-9(15)7-12(14)17/h3-7,13,18H,2,8H2,1H3. The summed E-state index contributed by atoms with van der Waals surface area (Å²) in [5.74, 6) is -2.11. The van der Waals surface area contributed by atoms with Crippen LogP contribution in [0.3, 0.4) is 0 Å². The average Bonchev–Trinajstić information content (AvgIpc) is 2.80. The Labute approximate surface area is 109 Å². The highest BCUT2D eigenvalue weighted by atomic mass is 19.1. The summed E-state index contributed by atoms with van der Waals surface area (Å²) in [4.78, 5) is 0. The Bertz CT molecular complexity index is 517. The van der Waals surface area contributed by atoms with Crippen LogP contribution in [0, 0.1) is 17.5 Å². The summed E-state index contributed by atoms with van der Waals surface area (Å²) in [5.41, 5.74) is -0.167. The lowest BCUT2D eigenvalue weighted by molar-refractivity contribution is 0.424. The largest absolute Gasteiger partial charge is 0.469 e. The Hall–Kier alpha value is -1.75. The molecule has 0 aliphatic rings. The zero-order chi connectivity index (χ0) is 13.8. The van der Waals surface area contributed by atoms with Gasteiger partial charge in [0.05, 0.1) is 6.26 Å². The van der Waals surface area contributed by atoms with Crippen LogP contribution in [0.5, 0.6) is 0 Å². The second kappa shape index (κ2) is 5.93. The number of likely N-dealkylation sites (N-methyl/N-ethyl adjacent to an activating group) is 1. The number of benzene rings is 1. The van der Waals surface area contributed by atoms with Crippen molar-refractivity contribution in [3.8, 4) is 0 Å². The molecule has 0 saturated carbocycles. The van der Waals surface area contributed by atoms with Crippen LogP contribution in [-0.4, -0.2) is 6.54 Å². The van der Waals surface area contributed by atoms with Gasteiger partial charge >= 0.3 is 0 Å². The van der Waals surface area contributed by atoms with Gasteiger partial charge in [0, 0.05) is 30.2 Å². The van der Waals surface area contributed by atoms with Gasteiger partial charge in [-0.1, -0.05) is 6.92 Å². The van der Waals surface area contributed by atoms with Crippen molar-refractivity contribution in [3.63, 3.8) is 0 Å². The molecule has 1 atom stereocenters. The highest BCUT2D eigenvalue weighted by molar-refractivity contribution is 5.25. The van der Waals surface area contributed by atoms with E-state index in [0.717, 1.165) is 0 Å². The monoisotopic (exact) mass is 269 g/mol. The van der Waals surface area contributed by atoms with E-state index in [0.29, 0.717) is 30.9 Å². The quantitative estimate of drug-likeness (QED) is 0.897. The van der Waals surface area contributed by atoms with E-state index in [1.54, 1.807) is 12.1 Å². The Morgan fingerprint density at radius 3 is 2.42 bits per heavy atom. The molecule has 19 heavy (non-hydrogen) atoms. The summed E-state index contributed by atoms with van der Waals surface area (Å²) >= 11 is 0. The molecule has 1 aromatic carbocycles. The zero-order valence-electron chi connectivity index (χ0n) is 10.4. The maximum absolute atomic E-state index is 13.8. The van der Waals surface area contributed by atoms with E-state index in [1.807, 2.05) is 6.92 Å². The Morgan fingerprint density at radius 2 is 1.89 bits per heavy atom. The molecule has 2 aromatic rings. The van der Waals surface area contributed by atoms with Gasteiger partial charge in [0.25, 0.3) is 0 Å². The van der Waals surface area contributed by atoms with Crippen LogP contribution in [-0.2, 0) is 6.42 Å². The predicted molar refractivity (Wildman–Crippen MR) is 65.1 cm³/mol. The number of furan rings is 1. The van der Waals surface area contributed by atoms with Gasteiger partial charge in [0.2, 0.25) is 0 Å². The summed E-state index contributed by atoms with van der Waals surface area (Å²) in [5, 5.41) is 2.98. The van der Waals surface area contributed by atoms with Gasteiger partial charge in [0.1, 0.15) is 23.2 Å². The van der Waals surface area contributed by atoms with Crippen molar-refractivity contribution in [2.75, 3.05) is 6.54 Å². The second-order valence-corrected chi connectivity index (χ2v) is 4.18. The maximum Gasteiger partial charge on any atom is 0.133 e. The topological polar surface area (TPSA) is 25.2 Å². The minimum atomic E-state index is -0.924. The van der Waals surface area contributed by atoms with Crippen molar-refractivity contribution >= 4 is 0 Å². The van der Waals surface area contributed by atoms with Gasteiger partial charge in [-0.15, -0.1) is 0 Å². The first kappa shape index (κ1) is 13.7. The van der Waals surface area contributed by atoms with Crippen LogP contribution in [0.2, 0.25) is 0 Å². The van der Waals surface area contributed by atoms with Gasteiger partial charge in [-0.2, -0.15) is 0 Å². The molecule has 1 N–H and O–H groups in total. The van der Waals surface area contributed by atoms with Crippen LogP contribution >= 0.6 is 0 Å². The highest BCUT2D eigenvalue weighted by Crippen LogP contribution is 2.25. The van der Waals surface area contributed by atoms with Gasteiger partial charge in [0.15, 0.2) is 0 Å². The zero-order valence-corrected chi connectivity index (χ0v) is 10.4. The third-order valence-corrected chi connectivity index (χ3v) is 2.83. The predicted octanol–water partition coefficient (Wildman–Crippen LogP) is 3.59. The molecule has 0 saturated heterocycles. The van der Waals surface area contributed by atoms with Crippen LogP contribution in [0.25, 0.3) is 0 Å². The minimum Gasteiger partial charge on any atom is -0.469 e. The first-order valence-electron chi connectivity index (χ1n) is 6.02. The second-order valence-electron chi connectivity index (χ2n) is 4.18. The molecule has 1 aromatic heterocycles. The summed E-state index contributed by atoms with van der Waals surface area (Å²) < 4.78 is 45.6. The molecular formula is C14H14F3NO. The van der Waals surface area contributed by atoms with Crippen LogP contribution in [0.15, 0.2) is 34.9 Å². The Morgan fingerprint density at radius 1 is 1.21 bits per heavy atom. The van der Waals surface area contributed by atoms with Crippen molar-refractivity contribution in [1.82, 2.24) is 5.32 Å². The van der Waals surface area contributed by atoms with Gasteiger partial charge in [-0.05, 0) is 18.7 Å². The van der Waals surface area contributed by atoms with Gasteiger partial charge in [-0.3, -0.25) is 0 Å². The molecule has 0 aliphatic carbocycles. The van der Waals surface area contributed by atoms with E-state index >= 15 is 0 Å². The normalized spacial score (nSPS) is 12.6. The van der Waals surface area contributed by atoms with Crippen molar-refractivity contribution in [2.24, 2.45) is 0 Å². The smallest absolute Gasteiger partial charge is 0.133 e. The van der Waals surface area contributed by atoms with Crippen LogP contribution in [0.1, 0.15) is 24.3 Å².